The number of pyridine rings is 1. The molecule has 2 heterocycles. The molecule has 6 nitrogen and oxygen atoms in total. The first kappa shape index (κ1) is 16.8. The molecule has 1 amide bonds. The van der Waals surface area contributed by atoms with Crippen LogP contribution in [0.15, 0.2) is 60.8 Å². The quantitative estimate of drug-likeness (QED) is 0.722. The Bertz CT molecular complexity index is 976. The number of ether oxygens (including phenoxy) is 2. The molecule has 0 saturated heterocycles. The van der Waals surface area contributed by atoms with E-state index in [9.17, 15) is 9.18 Å². The number of carbonyl (C=O) groups is 1. The summed E-state index contributed by atoms with van der Waals surface area (Å²) in [5.41, 5.74) is 2.06. The van der Waals surface area contributed by atoms with E-state index in [-0.39, 0.29) is 18.5 Å². The highest BCUT2D eigenvalue weighted by Gasteiger charge is 2.14. The molecular formula is C20H16FN3O3. The number of nitrogens with one attached hydrogen (secondary N) is 2. The van der Waals surface area contributed by atoms with Crippen molar-refractivity contribution in [1.29, 1.82) is 0 Å². The Morgan fingerprint density at radius 1 is 1.04 bits per heavy atom. The molecule has 1 aromatic heterocycles. The molecule has 27 heavy (non-hydrogen) atoms. The maximum atomic E-state index is 13.0. The van der Waals surface area contributed by atoms with Gasteiger partial charge in [-0.2, -0.15) is 0 Å². The zero-order valence-corrected chi connectivity index (χ0v) is 14.2. The fraction of sp³-hybridized carbons (Fsp3) is 0.100. The summed E-state index contributed by atoms with van der Waals surface area (Å²) in [6.07, 6.45) is 1.54. The van der Waals surface area contributed by atoms with Crippen LogP contribution in [0.4, 0.5) is 15.9 Å². The van der Waals surface area contributed by atoms with Crippen LogP contribution in [0.1, 0.15) is 15.9 Å². The molecule has 0 atom stereocenters. The highest BCUT2D eigenvalue weighted by atomic mass is 19.1. The number of hydrogen-bond acceptors (Lipinski definition) is 5. The number of hydrogen-bond donors (Lipinski definition) is 2. The van der Waals surface area contributed by atoms with Gasteiger partial charge in [0.25, 0.3) is 5.91 Å². The van der Waals surface area contributed by atoms with Crippen molar-refractivity contribution in [3.05, 3.63) is 77.7 Å². The van der Waals surface area contributed by atoms with Crippen molar-refractivity contribution in [3.8, 4) is 11.5 Å². The Morgan fingerprint density at radius 2 is 1.85 bits per heavy atom. The predicted molar refractivity (Wildman–Crippen MR) is 97.7 cm³/mol. The third-order valence-corrected chi connectivity index (χ3v) is 4.03. The Hall–Kier alpha value is -3.61. The Morgan fingerprint density at radius 3 is 2.70 bits per heavy atom. The number of amides is 1. The highest BCUT2D eigenvalue weighted by Crippen LogP contribution is 2.32. The summed E-state index contributed by atoms with van der Waals surface area (Å²) >= 11 is 0. The molecule has 0 radical (unpaired) electrons. The van der Waals surface area contributed by atoms with Crippen LogP contribution in [-0.4, -0.2) is 17.7 Å². The summed E-state index contributed by atoms with van der Waals surface area (Å²) in [7, 11) is 0. The number of anilines is 2. The summed E-state index contributed by atoms with van der Waals surface area (Å²) in [5.74, 6) is 1.34. The van der Waals surface area contributed by atoms with Crippen molar-refractivity contribution in [2.24, 2.45) is 0 Å². The van der Waals surface area contributed by atoms with Crippen LogP contribution in [0, 0.1) is 5.82 Å². The maximum Gasteiger partial charge on any atom is 0.251 e. The third-order valence-electron chi connectivity index (χ3n) is 4.03. The van der Waals surface area contributed by atoms with E-state index in [1.54, 1.807) is 30.5 Å². The summed E-state index contributed by atoms with van der Waals surface area (Å²) < 4.78 is 23.6. The van der Waals surface area contributed by atoms with Crippen molar-refractivity contribution < 1.29 is 18.7 Å². The van der Waals surface area contributed by atoms with Gasteiger partial charge in [-0.25, -0.2) is 9.37 Å². The zero-order valence-electron chi connectivity index (χ0n) is 14.2. The van der Waals surface area contributed by atoms with Gasteiger partial charge >= 0.3 is 0 Å². The largest absolute Gasteiger partial charge is 0.454 e. The first-order valence-corrected chi connectivity index (χ1v) is 8.33. The lowest BCUT2D eigenvalue weighted by atomic mass is 10.2. The standard InChI is InChI=1S/C20H16FN3O3/c21-15-2-4-16(5-3-15)24-19-10-14(7-8-22-19)20(25)23-11-13-1-6-17-18(9-13)27-12-26-17/h1-10H,11-12H2,(H,22,24)(H,23,25). The van der Waals surface area contributed by atoms with E-state index < -0.39 is 0 Å². The highest BCUT2D eigenvalue weighted by molar-refractivity contribution is 5.94. The van der Waals surface area contributed by atoms with Gasteiger partial charge < -0.3 is 20.1 Å². The monoisotopic (exact) mass is 365 g/mol. The lowest BCUT2D eigenvalue weighted by molar-refractivity contribution is 0.0950. The first-order chi connectivity index (χ1) is 13.2. The number of benzene rings is 2. The zero-order chi connectivity index (χ0) is 18.6. The van der Waals surface area contributed by atoms with Gasteiger partial charge in [-0.1, -0.05) is 6.07 Å². The lowest BCUT2D eigenvalue weighted by Crippen LogP contribution is -2.22. The van der Waals surface area contributed by atoms with Crippen molar-refractivity contribution in [3.63, 3.8) is 0 Å². The topological polar surface area (TPSA) is 72.5 Å². The molecule has 3 aromatic rings. The Balaban J connectivity index is 1.40. The van der Waals surface area contributed by atoms with Gasteiger partial charge in [-0.05, 0) is 54.1 Å². The van der Waals surface area contributed by atoms with E-state index in [0.29, 0.717) is 35.1 Å². The van der Waals surface area contributed by atoms with Crippen molar-refractivity contribution in [1.82, 2.24) is 10.3 Å². The minimum Gasteiger partial charge on any atom is -0.454 e. The fourth-order valence-corrected chi connectivity index (χ4v) is 2.66. The average Bonchev–Trinajstić information content (AvgIpc) is 3.16. The SMILES string of the molecule is O=C(NCc1ccc2c(c1)OCO2)c1ccnc(Nc2ccc(F)cc2)c1. The fourth-order valence-electron chi connectivity index (χ4n) is 2.66. The number of carbonyl (C=O) groups excluding carboxylic acids is 1. The van der Waals surface area contributed by atoms with Crippen molar-refractivity contribution in [2.75, 3.05) is 12.1 Å². The van der Waals surface area contributed by atoms with E-state index >= 15 is 0 Å². The molecule has 2 N–H and O–H groups in total. The van der Waals surface area contributed by atoms with Crippen molar-refractivity contribution in [2.45, 2.75) is 6.54 Å². The smallest absolute Gasteiger partial charge is 0.251 e. The second-order valence-corrected chi connectivity index (χ2v) is 5.93. The minimum atomic E-state index is -0.315. The van der Waals surface area contributed by atoms with E-state index in [0.717, 1.165) is 5.56 Å². The molecule has 0 bridgehead atoms. The maximum absolute atomic E-state index is 13.0. The second-order valence-electron chi connectivity index (χ2n) is 5.93. The second kappa shape index (κ2) is 7.33. The third kappa shape index (κ3) is 3.98. The van der Waals surface area contributed by atoms with E-state index in [4.69, 9.17) is 9.47 Å². The summed E-state index contributed by atoms with van der Waals surface area (Å²) in [5, 5.41) is 5.90. The molecule has 1 aliphatic heterocycles. The number of halogens is 1. The van der Waals surface area contributed by atoms with Crippen LogP contribution in [-0.2, 0) is 6.54 Å². The summed E-state index contributed by atoms with van der Waals surface area (Å²) in [6.45, 7) is 0.574. The molecule has 0 fully saturated rings. The number of fused-ring (bicyclic) bond motifs is 1. The average molecular weight is 365 g/mol. The van der Waals surface area contributed by atoms with Gasteiger partial charge in [0.05, 0.1) is 0 Å². The molecule has 2 aromatic carbocycles. The molecule has 0 unspecified atom stereocenters. The Labute approximate surface area is 155 Å². The molecule has 0 aliphatic carbocycles. The molecule has 0 saturated carbocycles. The van der Waals surface area contributed by atoms with Crippen LogP contribution in [0.2, 0.25) is 0 Å². The molecule has 136 valence electrons. The van der Waals surface area contributed by atoms with Gasteiger partial charge in [0, 0.05) is 24.0 Å². The van der Waals surface area contributed by atoms with E-state index in [2.05, 4.69) is 15.6 Å². The normalized spacial score (nSPS) is 11.9. The van der Waals surface area contributed by atoms with Crippen molar-refractivity contribution >= 4 is 17.4 Å². The molecular weight excluding hydrogens is 349 g/mol. The van der Waals surface area contributed by atoms with Gasteiger partial charge in [0.15, 0.2) is 11.5 Å². The first-order valence-electron chi connectivity index (χ1n) is 8.33. The van der Waals surface area contributed by atoms with Gasteiger partial charge in [-0.3, -0.25) is 4.79 Å². The number of aromatic nitrogens is 1. The summed E-state index contributed by atoms with van der Waals surface area (Å²) in [6, 6.07) is 14.7. The van der Waals surface area contributed by atoms with Crippen LogP contribution >= 0.6 is 0 Å². The molecule has 0 spiro atoms. The molecule has 4 rings (SSSR count). The van der Waals surface area contributed by atoms with Gasteiger partial charge in [-0.15, -0.1) is 0 Å². The van der Waals surface area contributed by atoms with Gasteiger partial charge in [0.1, 0.15) is 11.6 Å². The lowest BCUT2D eigenvalue weighted by Gasteiger charge is -2.09. The van der Waals surface area contributed by atoms with E-state index in [1.165, 1.54) is 12.1 Å². The predicted octanol–water partition coefficient (Wildman–Crippen LogP) is 3.62. The Kier molecular flexibility index (Phi) is 4.57. The molecule has 1 aliphatic rings. The number of rotatable bonds is 5. The minimum absolute atomic E-state index is 0.214. The number of nitrogens with zero attached hydrogens (tertiary/aromatic N) is 1. The van der Waals surface area contributed by atoms with Crippen LogP contribution in [0.5, 0.6) is 11.5 Å². The summed E-state index contributed by atoms with van der Waals surface area (Å²) in [4.78, 5) is 16.6. The molecule has 7 heteroatoms. The van der Waals surface area contributed by atoms with Gasteiger partial charge in [0.2, 0.25) is 6.79 Å². The van der Waals surface area contributed by atoms with Crippen LogP contribution in [0.3, 0.4) is 0 Å². The van der Waals surface area contributed by atoms with Crippen LogP contribution < -0.4 is 20.1 Å². The van der Waals surface area contributed by atoms with E-state index in [1.807, 2.05) is 18.2 Å². The van der Waals surface area contributed by atoms with Crippen LogP contribution in [0.25, 0.3) is 0 Å².